The second-order valence-corrected chi connectivity index (χ2v) is 4.80. The van der Waals surface area contributed by atoms with Crippen molar-refractivity contribution in [2.24, 2.45) is 0 Å². The van der Waals surface area contributed by atoms with Gasteiger partial charge in [0.1, 0.15) is 5.75 Å². The summed E-state index contributed by atoms with van der Waals surface area (Å²) in [6.07, 6.45) is 0. The van der Waals surface area contributed by atoms with E-state index in [9.17, 15) is 0 Å². The van der Waals surface area contributed by atoms with E-state index in [1.54, 1.807) is 7.11 Å². The summed E-state index contributed by atoms with van der Waals surface area (Å²) in [4.78, 5) is 2.37. The Bertz CT molecular complexity index is 384. The van der Waals surface area contributed by atoms with E-state index >= 15 is 0 Å². The molecule has 17 heavy (non-hydrogen) atoms. The van der Waals surface area contributed by atoms with Gasteiger partial charge < -0.3 is 20.7 Å². The SMILES string of the molecule is COc1cc(N2C[C@@H](C)N[C@@H](C)C2)ccc1N. The molecule has 3 N–H and O–H groups in total. The molecule has 4 heteroatoms. The number of piperazine rings is 1. The monoisotopic (exact) mass is 235 g/mol. The average molecular weight is 235 g/mol. The average Bonchev–Trinajstić information content (AvgIpc) is 2.28. The zero-order valence-electron chi connectivity index (χ0n) is 10.7. The van der Waals surface area contributed by atoms with Crippen molar-refractivity contribution in [2.45, 2.75) is 25.9 Å². The maximum atomic E-state index is 5.83. The molecule has 0 aliphatic carbocycles. The number of nitrogen functional groups attached to an aromatic ring is 1. The van der Waals surface area contributed by atoms with Crippen molar-refractivity contribution in [1.29, 1.82) is 0 Å². The summed E-state index contributed by atoms with van der Waals surface area (Å²) < 4.78 is 5.26. The summed E-state index contributed by atoms with van der Waals surface area (Å²) in [5.41, 5.74) is 7.69. The minimum Gasteiger partial charge on any atom is -0.495 e. The van der Waals surface area contributed by atoms with Gasteiger partial charge in [-0.3, -0.25) is 0 Å². The Morgan fingerprint density at radius 3 is 2.53 bits per heavy atom. The summed E-state index contributed by atoms with van der Waals surface area (Å²) in [5, 5.41) is 3.52. The molecule has 2 atom stereocenters. The molecule has 0 amide bonds. The summed E-state index contributed by atoms with van der Waals surface area (Å²) in [6, 6.07) is 6.98. The largest absolute Gasteiger partial charge is 0.495 e. The molecule has 94 valence electrons. The second kappa shape index (κ2) is 4.84. The number of anilines is 2. The third-order valence-electron chi connectivity index (χ3n) is 3.14. The van der Waals surface area contributed by atoms with E-state index in [0.717, 1.165) is 18.8 Å². The van der Waals surface area contributed by atoms with Gasteiger partial charge in [-0.25, -0.2) is 0 Å². The van der Waals surface area contributed by atoms with Crippen LogP contribution >= 0.6 is 0 Å². The summed E-state index contributed by atoms with van der Waals surface area (Å²) >= 11 is 0. The predicted octanol–water partition coefficient (Wildman–Crippen LogP) is 1.46. The van der Waals surface area contributed by atoms with Crippen LogP contribution in [0.25, 0.3) is 0 Å². The molecule has 1 aromatic carbocycles. The molecule has 1 fully saturated rings. The minimum atomic E-state index is 0.502. The molecule has 0 spiro atoms. The van der Waals surface area contributed by atoms with Gasteiger partial charge in [-0.15, -0.1) is 0 Å². The number of methoxy groups -OCH3 is 1. The molecule has 0 saturated carbocycles. The van der Waals surface area contributed by atoms with Crippen molar-refractivity contribution in [2.75, 3.05) is 30.8 Å². The van der Waals surface area contributed by atoms with Gasteiger partial charge in [-0.1, -0.05) is 0 Å². The van der Waals surface area contributed by atoms with Gasteiger partial charge in [0.2, 0.25) is 0 Å². The van der Waals surface area contributed by atoms with E-state index in [4.69, 9.17) is 10.5 Å². The zero-order chi connectivity index (χ0) is 12.4. The van der Waals surface area contributed by atoms with Crippen LogP contribution in [0.5, 0.6) is 5.75 Å². The Labute approximate surface area is 103 Å². The van der Waals surface area contributed by atoms with Crippen molar-refractivity contribution in [3.63, 3.8) is 0 Å². The lowest BCUT2D eigenvalue weighted by Crippen LogP contribution is -2.54. The van der Waals surface area contributed by atoms with E-state index < -0.39 is 0 Å². The van der Waals surface area contributed by atoms with E-state index in [1.165, 1.54) is 5.69 Å². The van der Waals surface area contributed by atoms with Gasteiger partial charge in [0.15, 0.2) is 0 Å². The highest BCUT2D eigenvalue weighted by atomic mass is 16.5. The minimum absolute atomic E-state index is 0.502. The molecule has 0 bridgehead atoms. The van der Waals surface area contributed by atoms with Crippen LogP contribution in [0.15, 0.2) is 18.2 Å². The van der Waals surface area contributed by atoms with E-state index in [2.05, 4.69) is 30.1 Å². The molecule has 1 heterocycles. The molecule has 0 aromatic heterocycles. The number of nitrogens with two attached hydrogens (primary N) is 1. The van der Waals surface area contributed by atoms with Gasteiger partial charge in [-0.2, -0.15) is 0 Å². The van der Waals surface area contributed by atoms with Crippen LogP contribution in [0.2, 0.25) is 0 Å². The van der Waals surface area contributed by atoms with E-state index in [0.29, 0.717) is 17.8 Å². The molecular formula is C13H21N3O. The highest BCUT2D eigenvalue weighted by Crippen LogP contribution is 2.28. The summed E-state index contributed by atoms with van der Waals surface area (Å²) in [5.74, 6) is 0.751. The summed E-state index contributed by atoms with van der Waals surface area (Å²) in [7, 11) is 1.65. The van der Waals surface area contributed by atoms with Crippen LogP contribution in [-0.2, 0) is 0 Å². The van der Waals surface area contributed by atoms with Crippen molar-refractivity contribution < 1.29 is 4.74 Å². The molecular weight excluding hydrogens is 214 g/mol. The number of nitrogens with zero attached hydrogens (tertiary/aromatic N) is 1. The molecule has 1 aliphatic rings. The van der Waals surface area contributed by atoms with Crippen LogP contribution < -0.4 is 20.7 Å². The van der Waals surface area contributed by atoms with Crippen molar-refractivity contribution >= 4 is 11.4 Å². The number of hydrogen-bond acceptors (Lipinski definition) is 4. The third kappa shape index (κ3) is 2.64. The molecule has 4 nitrogen and oxygen atoms in total. The smallest absolute Gasteiger partial charge is 0.143 e. The molecule has 1 aliphatic heterocycles. The molecule has 1 aromatic rings. The Kier molecular flexibility index (Phi) is 3.43. The first kappa shape index (κ1) is 12.0. The van der Waals surface area contributed by atoms with Gasteiger partial charge in [0, 0.05) is 36.9 Å². The lowest BCUT2D eigenvalue weighted by Gasteiger charge is -2.37. The van der Waals surface area contributed by atoms with E-state index in [1.807, 2.05) is 12.1 Å². The standard InChI is InChI=1S/C13H21N3O/c1-9-7-16(8-10(2)15-9)11-4-5-12(14)13(6-11)17-3/h4-6,9-10,15H,7-8,14H2,1-3H3/t9-,10+. The second-order valence-electron chi connectivity index (χ2n) is 4.80. The maximum absolute atomic E-state index is 5.83. The van der Waals surface area contributed by atoms with Gasteiger partial charge in [0.25, 0.3) is 0 Å². The normalized spacial score (nSPS) is 24.8. The fourth-order valence-corrected chi connectivity index (χ4v) is 2.43. The molecule has 0 unspecified atom stereocenters. The molecule has 0 radical (unpaired) electrons. The van der Waals surface area contributed by atoms with Crippen LogP contribution in [-0.4, -0.2) is 32.3 Å². The Hall–Kier alpha value is -1.42. The number of nitrogens with one attached hydrogen (secondary N) is 1. The number of hydrogen-bond donors (Lipinski definition) is 2. The lowest BCUT2D eigenvalue weighted by molar-refractivity contribution is 0.403. The fraction of sp³-hybridized carbons (Fsp3) is 0.538. The van der Waals surface area contributed by atoms with Crippen LogP contribution in [0.1, 0.15) is 13.8 Å². The van der Waals surface area contributed by atoms with Gasteiger partial charge >= 0.3 is 0 Å². The maximum Gasteiger partial charge on any atom is 0.143 e. The molecule has 1 saturated heterocycles. The first-order valence-electron chi connectivity index (χ1n) is 6.04. The van der Waals surface area contributed by atoms with Gasteiger partial charge in [0.05, 0.1) is 12.8 Å². The first-order chi connectivity index (χ1) is 8.10. The highest BCUT2D eigenvalue weighted by molar-refractivity contribution is 5.62. The summed E-state index contributed by atoms with van der Waals surface area (Å²) in [6.45, 7) is 6.43. The Balaban J connectivity index is 2.21. The van der Waals surface area contributed by atoms with Crippen LogP contribution in [0.3, 0.4) is 0 Å². The van der Waals surface area contributed by atoms with Crippen molar-refractivity contribution in [3.8, 4) is 5.75 Å². The topological polar surface area (TPSA) is 50.5 Å². The highest BCUT2D eigenvalue weighted by Gasteiger charge is 2.21. The van der Waals surface area contributed by atoms with Crippen molar-refractivity contribution in [3.05, 3.63) is 18.2 Å². The number of rotatable bonds is 2. The van der Waals surface area contributed by atoms with Crippen molar-refractivity contribution in [1.82, 2.24) is 5.32 Å². The number of benzene rings is 1. The first-order valence-corrected chi connectivity index (χ1v) is 6.04. The zero-order valence-corrected chi connectivity index (χ0v) is 10.7. The van der Waals surface area contributed by atoms with Gasteiger partial charge in [-0.05, 0) is 26.0 Å². The van der Waals surface area contributed by atoms with Crippen LogP contribution in [0.4, 0.5) is 11.4 Å². The third-order valence-corrected chi connectivity index (χ3v) is 3.14. The number of ether oxygens (including phenoxy) is 1. The Morgan fingerprint density at radius 1 is 1.29 bits per heavy atom. The lowest BCUT2D eigenvalue weighted by atomic mass is 10.1. The Morgan fingerprint density at radius 2 is 1.94 bits per heavy atom. The fourth-order valence-electron chi connectivity index (χ4n) is 2.43. The molecule has 2 rings (SSSR count). The quantitative estimate of drug-likeness (QED) is 0.762. The van der Waals surface area contributed by atoms with Crippen LogP contribution in [0, 0.1) is 0 Å². The van der Waals surface area contributed by atoms with E-state index in [-0.39, 0.29) is 0 Å². The predicted molar refractivity (Wildman–Crippen MR) is 71.7 cm³/mol.